The minimum absolute atomic E-state index is 0.0180. The van der Waals surface area contributed by atoms with Crippen LogP contribution in [-0.4, -0.2) is 25.0 Å². The second-order valence-corrected chi connectivity index (χ2v) is 5.77. The van der Waals surface area contributed by atoms with Crippen LogP contribution < -0.4 is 20.7 Å². The Morgan fingerprint density at radius 2 is 2.00 bits per heavy atom. The number of hydrogen-bond donors (Lipinski definition) is 3. The van der Waals surface area contributed by atoms with Crippen molar-refractivity contribution in [3.05, 3.63) is 47.5 Å². The molecule has 0 bridgehead atoms. The van der Waals surface area contributed by atoms with Crippen molar-refractivity contribution in [2.75, 3.05) is 23.1 Å². The molecule has 1 unspecified atom stereocenters. The number of para-hydroxylation sites is 2. The SMILES string of the molecule is COc1ccc(Cl)cc1NC(=O)CC1Nc2ccccc2NC1=O. The van der Waals surface area contributed by atoms with Crippen molar-refractivity contribution < 1.29 is 14.3 Å². The molecule has 1 aliphatic heterocycles. The van der Waals surface area contributed by atoms with E-state index in [1.165, 1.54) is 7.11 Å². The van der Waals surface area contributed by atoms with Gasteiger partial charge in [0.05, 0.1) is 30.6 Å². The van der Waals surface area contributed by atoms with Crippen LogP contribution in [0.5, 0.6) is 5.75 Å². The normalized spacial score (nSPS) is 15.8. The van der Waals surface area contributed by atoms with Crippen molar-refractivity contribution in [2.45, 2.75) is 12.5 Å². The van der Waals surface area contributed by atoms with Crippen LogP contribution >= 0.6 is 11.6 Å². The summed E-state index contributed by atoms with van der Waals surface area (Å²) in [7, 11) is 1.51. The Balaban J connectivity index is 1.70. The van der Waals surface area contributed by atoms with Crippen molar-refractivity contribution in [1.29, 1.82) is 0 Å². The number of methoxy groups -OCH3 is 1. The molecule has 0 radical (unpaired) electrons. The molecule has 2 aromatic carbocycles. The zero-order valence-corrected chi connectivity index (χ0v) is 13.7. The lowest BCUT2D eigenvalue weighted by Crippen LogP contribution is -2.41. The fraction of sp³-hybridized carbons (Fsp3) is 0.176. The number of halogens is 1. The van der Waals surface area contributed by atoms with Gasteiger partial charge in [0.25, 0.3) is 0 Å². The summed E-state index contributed by atoms with van der Waals surface area (Å²) >= 11 is 5.95. The predicted molar refractivity (Wildman–Crippen MR) is 93.7 cm³/mol. The molecule has 2 aromatic rings. The standard InChI is InChI=1S/C17H16ClN3O3/c1-24-15-7-6-10(18)8-13(15)20-16(22)9-14-17(23)21-12-5-3-2-4-11(12)19-14/h2-8,14,19H,9H2,1H3,(H,20,22)(H,21,23). The lowest BCUT2D eigenvalue weighted by molar-refractivity contribution is -0.122. The van der Waals surface area contributed by atoms with Gasteiger partial charge in [-0.05, 0) is 30.3 Å². The number of fused-ring (bicyclic) bond motifs is 1. The second-order valence-electron chi connectivity index (χ2n) is 5.33. The van der Waals surface area contributed by atoms with Gasteiger partial charge >= 0.3 is 0 Å². The number of carbonyl (C=O) groups is 2. The summed E-state index contributed by atoms with van der Waals surface area (Å²) in [6, 6.07) is 11.6. The second kappa shape index (κ2) is 6.80. The molecule has 0 aliphatic carbocycles. The molecule has 3 rings (SSSR count). The van der Waals surface area contributed by atoms with E-state index >= 15 is 0 Å². The maximum Gasteiger partial charge on any atom is 0.247 e. The fourth-order valence-electron chi connectivity index (χ4n) is 2.50. The van der Waals surface area contributed by atoms with E-state index in [9.17, 15) is 9.59 Å². The first-order valence-electron chi connectivity index (χ1n) is 7.36. The van der Waals surface area contributed by atoms with Crippen LogP contribution in [0.15, 0.2) is 42.5 Å². The Kier molecular flexibility index (Phi) is 4.57. The quantitative estimate of drug-likeness (QED) is 0.795. The van der Waals surface area contributed by atoms with Crippen LogP contribution in [0.3, 0.4) is 0 Å². The number of rotatable bonds is 4. The summed E-state index contributed by atoms with van der Waals surface area (Å²) in [6.07, 6.45) is -0.0180. The molecule has 2 amide bonds. The molecular weight excluding hydrogens is 330 g/mol. The van der Waals surface area contributed by atoms with Crippen molar-refractivity contribution in [2.24, 2.45) is 0 Å². The first-order valence-corrected chi connectivity index (χ1v) is 7.74. The van der Waals surface area contributed by atoms with E-state index in [0.717, 1.165) is 5.69 Å². The van der Waals surface area contributed by atoms with Gasteiger partial charge in [-0.3, -0.25) is 9.59 Å². The topological polar surface area (TPSA) is 79.5 Å². The number of carbonyl (C=O) groups excluding carboxylic acids is 2. The molecular formula is C17H16ClN3O3. The number of nitrogens with one attached hydrogen (secondary N) is 3. The molecule has 0 spiro atoms. The van der Waals surface area contributed by atoms with Crippen LogP contribution in [-0.2, 0) is 9.59 Å². The average molecular weight is 346 g/mol. The third-order valence-corrected chi connectivity index (χ3v) is 3.89. The smallest absolute Gasteiger partial charge is 0.247 e. The fourth-order valence-corrected chi connectivity index (χ4v) is 2.67. The van der Waals surface area contributed by atoms with E-state index in [4.69, 9.17) is 16.3 Å². The zero-order valence-electron chi connectivity index (χ0n) is 12.9. The maximum absolute atomic E-state index is 12.3. The molecule has 1 aliphatic rings. The molecule has 0 aromatic heterocycles. The van der Waals surface area contributed by atoms with Crippen molar-refractivity contribution in [3.63, 3.8) is 0 Å². The molecule has 24 heavy (non-hydrogen) atoms. The molecule has 0 fully saturated rings. The summed E-state index contributed by atoms with van der Waals surface area (Å²) in [5, 5.41) is 9.06. The highest BCUT2D eigenvalue weighted by molar-refractivity contribution is 6.31. The first kappa shape index (κ1) is 16.1. The van der Waals surface area contributed by atoms with Gasteiger partial charge in [0.1, 0.15) is 11.8 Å². The number of hydrogen-bond acceptors (Lipinski definition) is 4. The van der Waals surface area contributed by atoms with Crippen molar-refractivity contribution in [1.82, 2.24) is 0 Å². The molecule has 6 nitrogen and oxygen atoms in total. The number of amides is 2. The Morgan fingerprint density at radius 3 is 2.75 bits per heavy atom. The third-order valence-electron chi connectivity index (χ3n) is 3.66. The molecule has 124 valence electrons. The zero-order chi connectivity index (χ0) is 17.1. The highest BCUT2D eigenvalue weighted by atomic mass is 35.5. The molecule has 0 saturated carbocycles. The van der Waals surface area contributed by atoms with Gasteiger partial charge in [0, 0.05) is 5.02 Å². The predicted octanol–water partition coefficient (Wildman–Crippen LogP) is 3.11. The number of ether oxygens (including phenoxy) is 1. The summed E-state index contributed by atoms with van der Waals surface area (Å²) in [5.41, 5.74) is 1.96. The van der Waals surface area contributed by atoms with Crippen LogP contribution in [0.25, 0.3) is 0 Å². The van der Waals surface area contributed by atoms with Crippen LogP contribution in [0.4, 0.5) is 17.1 Å². The average Bonchev–Trinajstić information content (AvgIpc) is 2.55. The summed E-state index contributed by atoms with van der Waals surface area (Å²) in [6.45, 7) is 0. The van der Waals surface area contributed by atoms with Gasteiger partial charge in [0.2, 0.25) is 11.8 Å². The Hall–Kier alpha value is -2.73. The van der Waals surface area contributed by atoms with Crippen LogP contribution in [0.2, 0.25) is 5.02 Å². The summed E-state index contributed by atoms with van der Waals surface area (Å²) in [4.78, 5) is 24.4. The minimum atomic E-state index is -0.648. The van der Waals surface area contributed by atoms with Gasteiger partial charge in [-0.25, -0.2) is 0 Å². The van der Waals surface area contributed by atoms with Gasteiger partial charge in [-0.15, -0.1) is 0 Å². The maximum atomic E-state index is 12.3. The lowest BCUT2D eigenvalue weighted by atomic mass is 10.1. The third kappa shape index (κ3) is 3.44. The Labute approximate surface area is 144 Å². The van der Waals surface area contributed by atoms with Crippen LogP contribution in [0.1, 0.15) is 6.42 Å². The van der Waals surface area contributed by atoms with E-state index in [1.54, 1.807) is 24.3 Å². The van der Waals surface area contributed by atoms with E-state index in [2.05, 4.69) is 16.0 Å². The Bertz CT molecular complexity index is 794. The summed E-state index contributed by atoms with van der Waals surface area (Å²) < 4.78 is 5.19. The molecule has 0 saturated heterocycles. The monoisotopic (exact) mass is 345 g/mol. The number of anilines is 3. The van der Waals surface area contributed by atoms with E-state index in [-0.39, 0.29) is 18.2 Å². The number of benzene rings is 2. The minimum Gasteiger partial charge on any atom is -0.495 e. The molecule has 1 heterocycles. The Morgan fingerprint density at radius 1 is 1.25 bits per heavy atom. The van der Waals surface area contributed by atoms with Crippen molar-refractivity contribution >= 4 is 40.5 Å². The van der Waals surface area contributed by atoms with Gasteiger partial charge in [-0.1, -0.05) is 23.7 Å². The van der Waals surface area contributed by atoms with Crippen molar-refractivity contribution in [3.8, 4) is 5.75 Å². The summed E-state index contributed by atoms with van der Waals surface area (Å²) in [5.74, 6) is -0.0661. The lowest BCUT2D eigenvalue weighted by Gasteiger charge is -2.26. The van der Waals surface area contributed by atoms with E-state index in [1.807, 2.05) is 18.2 Å². The molecule has 1 atom stereocenters. The van der Waals surface area contributed by atoms with Gasteiger partial charge in [0.15, 0.2) is 0 Å². The van der Waals surface area contributed by atoms with E-state index < -0.39 is 6.04 Å². The van der Waals surface area contributed by atoms with E-state index in [0.29, 0.717) is 22.1 Å². The highest BCUT2D eigenvalue weighted by Crippen LogP contribution is 2.29. The first-order chi connectivity index (χ1) is 11.6. The molecule has 3 N–H and O–H groups in total. The molecule has 7 heteroatoms. The van der Waals surface area contributed by atoms with Gasteiger partial charge < -0.3 is 20.7 Å². The van der Waals surface area contributed by atoms with Crippen LogP contribution in [0, 0.1) is 0 Å². The highest BCUT2D eigenvalue weighted by Gasteiger charge is 2.27. The largest absolute Gasteiger partial charge is 0.495 e. The van der Waals surface area contributed by atoms with Gasteiger partial charge in [-0.2, -0.15) is 0 Å².